The Labute approximate surface area is 166 Å². The minimum Gasteiger partial charge on any atom is -0.452 e. The molecule has 3 rings (SSSR count). The summed E-state index contributed by atoms with van der Waals surface area (Å²) in [5, 5.41) is 0. The van der Waals surface area contributed by atoms with Crippen LogP contribution < -0.4 is 4.90 Å². The van der Waals surface area contributed by atoms with Gasteiger partial charge in [0.05, 0.1) is 11.3 Å². The number of halogens is 1. The number of benzene rings is 2. The Morgan fingerprint density at radius 2 is 1.66 bits per heavy atom. The van der Waals surface area contributed by atoms with Crippen molar-refractivity contribution in [1.82, 2.24) is 4.90 Å². The van der Waals surface area contributed by atoms with Gasteiger partial charge >= 0.3 is 5.97 Å². The fourth-order valence-electron chi connectivity index (χ4n) is 2.90. The van der Waals surface area contributed by atoms with Crippen LogP contribution in [-0.2, 0) is 25.7 Å². The maximum Gasteiger partial charge on any atom is 0.338 e. The number of nitrogens with zero attached hydrogens (tertiary/aromatic N) is 2. The Morgan fingerprint density at radius 1 is 1.03 bits per heavy atom. The monoisotopic (exact) mass is 398 g/mol. The topological polar surface area (TPSA) is 84.0 Å². The highest BCUT2D eigenvalue weighted by atomic mass is 19.1. The van der Waals surface area contributed by atoms with E-state index in [1.54, 1.807) is 18.2 Å². The van der Waals surface area contributed by atoms with Crippen LogP contribution in [0.2, 0.25) is 0 Å². The van der Waals surface area contributed by atoms with Crippen LogP contribution in [0.3, 0.4) is 0 Å². The zero-order valence-electron chi connectivity index (χ0n) is 15.8. The molecule has 1 aliphatic rings. The Kier molecular flexibility index (Phi) is 6.01. The average Bonchev–Trinajstić information content (AvgIpc) is 3.05. The van der Waals surface area contributed by atoms with Crippen molar-refractivity contribution in [2.75, 3.05) is 18.6 Å². The first kappa shape index (κ1) is 20.2. The van der Waals surface area contributed by atoms with Crippen LogP contribution in [0.15, 0.2) is 48.5 Å². The van der Waals surface area contributed by atoms with E-state index in [-0.39, 0.29) is 36.8 Å². The second-order valence-electron chi connectivity index (χ2n) is 6.59. The van der Waals surface area contributed by atoms with Crippen molar-refractivity contribution in [3.05, 3.63) is 65.5 Å². The van der Waals surface area contributed by atoms with Gasteiger partial charge in [-0.3, -0.25) is 19.3 Å². The van der Waals surface area contributed by atoms with E-state index in [4.69, 9.17) is 4.74 Å². The number of anilines is 1. The van der Waals surface area contributed by atoms with Crippen molar-refractivity contribution in [1.29, 1.82) is 0 Å². The Bertz CT molecular complexity index is 942. The van der Waals surface area contributed by atoms with Gasteiger partial charge in [-0.15, -0.1) is 0 Å². The highest BCUT2D eigenvalue weighted by molar-refractivity contribution is 6.19. The molecule has 29 heavy (non-hydrogen) atoms. The summed E-state index contributed by atoms with van der Waals surface area (Å²) < 4.78 is 18.7. The minimum atomic E-state index is -0.719. The smallest absolute Gasteiger partial charge is 0.338 e. The molecule has 0 radical (unpaired) electrons. The van der Waals surface area contributed by atoms with Crippen LogP contribution in [0.5, 0.6) is 0 Å². The van der Waals surface area contributed by atoms with Gasteiger partial charge in [-0.2, -0.15) is 0 Å². The van der Waals surface area contributed by atoms with E-state index in [0.717, 1.165) is 4.90 Å². The molecule has 0 aliphatic carbocycles. The lowest BCUT2D eigenvalue weighted by atomic mass is 10.2. The SMILES string of the molecule is CN(Cc1ccccc1F)C(=O)COC(=O)c1ccc(N2C(=O)CCC2=O)cc1. The van der Waals surface area contributed by atoms with Crippen molar-refractivity contribution in [3.63, 3.8) is 0 Å². The molecular formula is C21H19FN2O5. The second-order valence-corrected chi connectivity index (χ2v) is 6.59. The predicted octanol–water partition coefficient (Wildman–Crippen LogP) is 2.29. The molecule has 1 heterocycles. The number of hydrogen-bond donors (Lipinski definition) is 0. The first-order valence-electron chi connectivity index (χ1n) is 8.97. The van der Waals surface area contributed by atoms with Crippen LogP contribution in [0.25, 0.3) is 0 Å². The molecule has 2 aromatic rings. The van der Waals surface area contributed by atoms with Crippen molar-refractivity contribution in [2.24, 2.45) is 0 Å². The lowest BCUT2D eigenvalue weighted by Gasteiger charge is -2.17. The standard InChI is InChI=1S/C21H19FN2O5/c1-23(12-15-4-2-3-5-17(15)22)20(27)13-29-21(28)14-6-8-16(9-7-14)24-18(25)10-11-19(24)26/h2-9H,10-13H2,1H3. The third-order valence-corrected chi connectivity index (χ3v) is 4.53. The van der Waals surface area contributed by atoms with Crippen molar-refractivity contribution >= 4 is 29.4 Å². The first-order valence-corrected chi connectivity index (χ1v) is 8.97. The maximum atomic E-state index is 13.7. The van der Waals surface area contributed by atoms with Crippen LogP contribution in [-0.4, -0.2) is 42.2 Å². The van der Waals surface area contributed by atoms with Crippen molar-refractivity contribution in [3.8, 4) is 0 Å². The van der Waals surface area contributed by atoms with E-state index in [1.807, 2.05) is 0 Å². The number of carbonyl (C=O) groups excluding carboxylic acids is 4. The van der Waals surface area contributed by atoms with Crippen LogP contribution >= 0.6 is 0 Å². The lowest BCUT2D eigenvalue weighted by Crippen LogP contribution is -2.31. The summed E-state index contributed by atoms with van der Waals surface area (Å²) in [6, 6.07) is 11.9. The van der Waals surface area contributed by atoms with E-state index in [9.17, 15) is 23.6 Å². The van der Waals surface area contributed by atoms with E-state index < -0.39 is 24.3 Å². The number of carbonyl (C=O) groups is 4. The third kappa shape index (κ3) is 4.66. The van der Waals surface area contributed by atoms with E-state index in [2.05, 4.69) is 0 Å². The van der Waals surface area contributed by atoms with Gasteiger partial charge in [0.25, 0.3) is 5.91 Å². The summed E-state index contributed by atoms with van der Waals surface area (Å²) in [5.41, 5.74) is 0.920. The highest BCUT2D eigenvalue weighted by Crippen LogP contribution is 2.23. The Morgan fingerprint density at radius 3 is 2.28 bits per heavy atom. The summed E-state index contributed by atoms with van der Waals surface area (Å²) >= 11 is 0. The number of hydrogen-bond acceptors (Lipinski definition) is 5. The quantitative estimate of drug-likeness (QED) is 0.551. The normalized spacial score (nSPS) is 13.5. The fourth-order valence-corrected chi connectivity index (χ4v) is 2.90. The molecule has 0 spiro atoms. The highest BCUT2D eigenvalue weighted by Gasteiger charge is 2.30. The van der Waals surface area contributed by atoms with Crippen LogP contribution in [0, 0.1) is 5.82 Å². The molecule has 2 aromatic carbocycles. The largest absolute Gasteiger partial charge is 0.452 e. The van der Waals surface area contributed by atoms with Crippen LogP contribution in [0.1, 0.15) is 28.8 Å². The summed E-state index contributed by atoms with van der Waals surface area (Å²) in [6.07, 6.45) is 0.344. The van der Waals surface area contributed by atoms with Gasteiger partial charge in [0.2, 0.25) is 11.8 Å². The summed E-state index contributed by atoms with van der Waals surface area (Å²) in [6.45, 7) is -0.440. The molecule has 0 atom stereocenters. The molecule has 1 fully saturated rings. The maximum absolute atomic E-state index is 13.7. The van der Waals surface area contributed by atoms with Gasteiger partial charge in [-0.25, -0.2) is 9.18 Å². The lowest BCUT2D eigenvalue weighted by molar-refractivity contribution is -0.133. The fraction of sp³-hybridized carbons (Fsp3) is 0.238. The number of esters is 1. The Balaban J connectivity index is 1.55. The second kappa shape index (κ2) is 8.64. The van der Waals surface area contributed by atoms with Gasteiger partial charge in [0.1, 0.15) is 5.82 Å². The number of imide groups is 1. The average molecular weight is 398 g/mol. The number of likely N-dealkylation sites (N-methyl/N-ethyl adjacent to an activating group) is 1. The summed E-state index contributed by atoms with van der Waals surface area (Å²) in [4.78, 5) is 50.1. The van der Waals surface area contributed by atoms with Gasteiger partial charge < -0.3 is 9.64 Å². The third-order valence-electron chi connectivity index (χ3n) is 4.53. The Hall–Kier alpha value is -3.55. The molecule has 1 saturated heterocycles. The molecule has 0 saturated carbocycles. The van der Waals surface area contributed by atoms with Gasteiger partial charge in [-0.05, 0) is 30.3 Å². The summed E-state index contributed by atoms with van der Waals surface area (Å²) in [7, 11) is 1.49. The molecule has 7 nitrogen and oxygen atoms in total. The first-order chi connectivity index (χ1) is 13.9. The molecule has 0 bridgehead atoms. The molecule has 8 heteroatoms. The zero-order chi connectivity index (χ0) is 21.0. The van der Waals surface area contributed by atoms with Gasteiger partial charge in [0.15, 0.2) is 6.61 Å². The molecular weight excluding hydrogens is 379 g/mol. The van der Waals surface area contributed by atoms with Crippen molar-refractivity contribution < 1.29 is 28.3 Å². The predicted molar refractivity (Wildman–Crippen MR) is 101 cm³/mol. The van der Waals surface area contributed by atoms with Crippen LogP contribution in [0.4, 0.5) is 10.1 Å². The minimum absolute atomic E-state index is 0.0512. The van der Waals surface area contributed by atoms with Gasteiger partial charge in [0, 0.05) is 32.0 Å². The van der Waals surface area contributed by atoms with Crippen molar-refractivity contribution in [2.45, 2.75) is 19.4 Å². The van der Waals surface area contributed by atoms with Gasteiger partial charge in [-0.1, -0.05) is 18.2 Å². The molecule has 1 aliphatic heterocycles. The molecule has 0 aromatic heterocycles. The summed E-state index contributed by atoms with van der Waals surface area (Å²) in [5.74, 6) is -2.18. The van der Waals surface area contributed by atoms with E-state index in [1.165, 1.54) is 42.3 Å². The number of amides is 3. The number of ether oxygens (including phenoxy) is 1. The van der Waals surface area contributed by atoms with E-state index >= 15 is 0 Å². The molecule has 0 unspecified atom stereocenters. The van der Waals surface area contributed by atoms with E-state index in [0.29, 0.717) is 11.3 Å². The molecule has 3 amide bonds. The molecule has 0 N–H and O–H groups in total. The zero-order valence-corrected chi connectivity index (χ0v) is 15.8. The molecule has 150 valence electrons. The number of rotatable bonds is 6.